The van der Waals surface area contributed by atoms with E-state index in [1.54, 1.807) is 12.1 Å². The van der Waals surface area contributed by atoms with E-state index in [4.69, 9.17) is 4.74 Å². The number of ether oxygens (including phenoxy) is 1. The molecule has 1 N–H and O–H groups in total. The van der Waals surface area contributed by atoms with Gasteiger partial charge >= 0.3 is 0 Å². The molecule has 0 radical (unpaired) electrons. The zero-order chi connectivity index (χ0) is 10.1. The third kappa shape index (κ3) is 1.22. The van der Waals surface area contributed by atoms with Gasteiger partial charge in [0.15, 0.2) is 0 Å². The summed E-state index contributed by atoms with van der Waals surface area (Å²) >= 11 is 0. The average molecular weight is 191 g/mol. The Bertz CT molecular complexity index is 533. The van der Waals surface area contributed by atoms with Gasteiger partial charge in [-0.1, -0.05) is 0 Å². The number of aryl methyl sites for hydroxylation is 1. The summed E-state index contributed by atoms with van der Waals surface area (Å²) in [6, 6.07) is 3.48. The standard InChI is InChI=1S/C9H9N3O2/c1-5-6-3-4-7(14-2)10-8(6)9(13)12-11-5/h3-4H,1-2H3,(H,12,13). The maximum Gasteiger partial charge on any atom is 0.290 e. The second kappa shape index (κ2) is 3.10. The van der Waals surface area contributed by atoms with Crippen LogP contribution in [0, 0.1) is 6.92 Å². The first-order valence-electron chi connectivity index (χ1n) is 4.12. The molecule has 0 fully saturated rings. The molecule has 0 aromatic carbocycles. The Morgan fingerprint density at radius 1 is 1.43 bits per heavy atom. The van der Waals surface area contributed by atoms with Crippen LogP contribution in [0.5, 0.6) is 5.88 Å². The summed E-state index contributed by atoms with van der Waals surface area (Å²) in [5, 5.41) is 6.96. The van der Waals surface area contributed by atoms with E-state index in [0.717, 1.165) is 11.1 Å². The Kier molecular flexibility index (Phi) is 1.92. The number of aromatic amines is 1. The van der Waals surface area contributed by atoms with Gasteiger partial charge in [-0.15, -0.1) is 0 Å². The van der Waals surface area contributed by atoms with E-state index < -0.39 is 0 Å². The normalized spacial score (nSPS) is 10.4. The van der Waals surface area contributed by atoms with Crippen molar-refractivity contribution in [1.29, 1.82) is 0 Å². The van der Waals surface area contributed by atoms with E-state index in [-0.39, 0.29) is 5.56 Å². The quantitative estimate of drug-likeness (QED) is 0.718. The van der Waals surface area contributed by atoms with E-state index in [2.05, 4.69) is 15.2 Å². The van der Waals surface area contributed by atoms with Gasteiger partial charge in [-0.25, -0.2) is 10.1 Å². The van der Waals surface area contributed by atoms with Gasteiger partial charge in [-0.3, -0.25) is 4.79 Å². The third-order valence-corrected chi connectivity index (χ3v) is 2.01. The van der Waals surface area contributed by atoms with Gasteiger partial charge in [0.2, 0.25) is 5.88 Å². The molecule has 2 aromatic heterocycles. The first-order chi connectivity index (χ1) is 6.72. The van der Waals surface area contributed by atoms with Crippen LogP contribution in [-0.2, 0) is 0 Å². The molecule has 0 saturated carbocycles. The van der Waals surface area contributed by atoms with Crippen molar-refractivity contribution in [1.82, 2.24) is 15.2 Å². The van der Waals surface area contributed by atoms with E-state index in [0.29, 0.717) is 11.4 Å². The molecule has 5 heteroatoms. The molecule has 5 nitrogen and oxygen atoms in total. The highest BCUT2D eigenvalue weighted by atomic mass is 16.5. The smallest absolute Gasteiger partial charge is 0.290 e. The summed E-state index contributed by atoms with van der Waals surface area (Å²) in [5.41, 5.74) is 0.802. The average Bonchev–Trinajstić information content (AvgIpc) is 2.23. The molecule has 0 aliphatic carbocycles. The van der Waals surface area contributed by atoms with Gasteiger partial charge in [0.1, 0.15) is 5.52 Å². The van der Waals surface area contributed by atoms with Crippen molar-refractivity contribution < 1.29 is 4.74 Å². The topological polar surface area (TPSA) is 67.9 Å². The number of nitrogens with zero attached hydrogens (tertiary/aromatic N) is 2. The van der Waals surface area contributed by atoms with Crippen LogP contribution in [0.3, 0.4) is 0 Å². The fraction of sp³-hybridized carbons (Fsp3) is 0.222. The van der Waals surface area contributed by atoms with Crippen LogP contribution in [-0.4, -0.2) is 22.3 Å². The summed E-state index contributed by atoms with van der Waals surface area (Å²) in [4.78, 5) is 15.4. The second-order valence-electron chi connectivity index (χ2n) is 2.89. The Morgan fingerprint density at radius 3 is 2.93 bits per heavy atom. The zero-order valence-corrected chi connectivity index (χ0v) is 7.87. The van der Waals surface area contributed by atoms with Gasteiger partial charge in [-0.2, -0.15) is 5.10 Å². The lowest BCUT2D eigenvalue weighted by Gasteiger charge is -2.01. The minimum absolute atomic E-state index is 0.301. The molecular formula is C9H9N3O2. The predicted molar refractivity (Wildman–Crippen MR) is 51.4 cm³/mol. The summed E-state index contributed by atoms with van der Waals surface area (Å²) < 4.78 is 4.93. The molecule has 0 saturated heterocycles. The Hall–Kier alpha value is -1.91. The Balaban J connectivity index is 2.87. The fourth-order valence-corrected chi connectivity index (χ4v) is 1.27. The number of hydrogen-bond acceptors (Lipinski definition) is 4. The lowest BCUT2D eigenvalue weighted by atomic mass is 10.2. The monoisotopic (exact) mass is 191 g/mol. The summed E-state index contributed by atoms with van der Waals surface area (Å²) in [6.07, 6.45) is 0. The minimum atomic E-state index is -0.301. The number of fused-ring (bicyclic) bond motifs is 1. The van der Waals surface area contributed by atoms with Gasteiger partial charge in [0.25, 0.3) is 5.56 Å². The van der Waals surface area contributed by atoms with Crippen LogP contribution in [0.25, 0.3) is 10.9 Å². The van der Waals surface area contributed by atoms with Crippen LogP contribution in [0.4, 0.5) is 0 Å². The molecule has 0 unspecified atom stereocenters. The number of pyridine rings is 1. The number of hydrogen-bond donors (Lipinski definition) is 1. The molecule has 14 heavy (non-hydrogen) atoms. The van der Waals surface area contributed by atoms with Crippen molar-refractivity contribution in [3.63, 3.8) is 0 Å². The molecular weight excluding hydrogens is 182 g/mol. The van der Waals surface area contributed by atoms with Crippen LogP contribution >= 0.6 is 0 Å². The largest absolute Gasteiger partial charge is 0.481 e. The van der Waals surface area contributed by atoms with Crippen molar-refractivity contribution in [2.75, 3.05) is 7.11 Å². The second-order valence-corrected chi connectivity index (χ2v) is 2.89. The Labute approximate surface area is 79.7 Å². The molecule has 0 spiro atoms. The van der Waals surface area contributed by atoms with Crippen molar-refractivity contribution in [2.45, 2.75) is 6.92 Å². The highest BCUT2D eigenvalue weighted by molar-refractivity contribution is 5.79. The van der Waals surface area contributed by atoms with E-state index in [1.807, 2.05) is 6.92 Å². The van der Waals surface area contributed by atoms with Gasteiger partial charge in [-0.05, 0) is 13.0 Å². The van der Waals surface area contributed by atoms with E-state index in [9.17, 15) is 4.79 Å². The summed E-state index contributed by atoms with van der Waals surface area (Å²) in [7, 11) is 1.51. The van der Waals surface area contributed by atoms with E-state index in [1.165, 1.54) is 7.11 Å². The molecule has 2 heterocycles. The fourth-order valence-electron chi connectivity index (χ4n) is 1.27. The molecule has 0 bridgehead atoms. The van der Waals surface area contributed by atoms with Crippen LogP contribution in [0.1, 0.15) is 5.69 Å². The lowest BCUT2D eigenvalue weighted by Crippen LogP contribution is -2.11. The summed E-state index contributed by atoms with van der Waals surface area (Å²) in [5.74, 6) is 0.425. The minimum Gasteiger partial charge on any atom is -0.481 e. The zero-order valence-electron chi connectivity index (χ0n) is 7.87. The van der Waals surface area contributed by atoms with Crippen molar-refractivity contribution in [3.05, 3.63) is 28.2 Å². The van der Waals surface area contributed by atoms with Crippen LogP contribution in [0.15, 0.2) is 16.9 Å². The van der Waals surface area contributed by atoms with Crippen LogP contribution < -0.4 is 10.3 Å². The molecule has 72 valence electrons. The van der Waals surface area contributed by atoms with Crippen molar-refractivity contribution in [3.8, 4) is 5.88 Å². The molecule has 2 aromatic rings. The van der Waals surface area contributed by atoms with Crippen molar-refractivity contribution >= 4 is 10.9 Å². The summed E-state index contributed by atoms with van der Waals surface area (Å²) in [6.45, 7) is 1.81. The number of methoxy groups -OCH3 is 1. The number of H-pyrrole nitrogens is 1. The predicted octanol–water partition coefficient (Wildman–Crippen LogP) is 0.635. The first-order valence-corrected chi connectivity index (χ1v) is 4.12. The van der Waals surface area contributed by atoms with E-state index >= 15 is 0 Å². The van der Waals surface area contributed by atoms with Crippen molar-refractivity contribution in [2.24, 2.45) is 0 Å². The van der Waals surface area contributed by atoms with Gasteiger partial charge < -0.3 is 4.74 Å². The maximum absolute atomic E-state index is 11.4. The molecule has 0 aliphatic heterocycles. The number of nitrogens with one attached hydrogen (secondary N) is 1. The molecule has 0 aliphatic rings. The molecule has 2 rings (SSSR count). The highest BCUT2D eigenvalue weighted by Gasteiger charge is 2.05. The van der Waals surface area contributed by atoms with Gasteiger partial charge in [0, 0.05) is 11.5 Å². The highest BCUT2D eigenvalue weighted by Crippen LogP contribution is 2.14. The van der Waals surface area contributed by atoms with Gasteiger partial charge in [0.05, 0.1) is 12.8 Å². The number of rotatable bonds is 1. The number of aromatic nitrogens is 3. The first kappa shape index (κ1) is 8.68. The SMILES string of the molecule is COc1ccc2c(C)n[nH]c(=O)c2n1. The maximum atomic E-state index is 11.4. The molecule has 0 amide bonds. The lowest BCUT2D eigenvalue weighted by molar-refractivity contribution is 0.399. The Morgan fingerprint density at radius 2 is 2.21 bits per heavy atom. The molecule has 0 atom stereocenters. The van der Waals surface area contributed by atoms with Crippen LogP contribution in [0.2, 0.25) is 0 Å². The third-order valence-electron chi connectivity index (χ3n) is 2.01.